The van der Waals surface area contributed by atoms with Gasteiger partial charge in [-0.3, -0.25) is 4.79 Å². The van der Waals surface area contributed by atoms with Crippen LogP contribution in [-0.4, -0.2) is 13.1 Å². The average Bonchev–Trinajstić information content (AvgIpc) is 2.19. The minimum absolute atomic E-state index is 0.0991. The Balaban J connectivity index is 3.00. The van der Waals surface area contributed by atoms with Crippen LogP contribution in [0.4, 0.5) is 4.39 Å². The van der Waals surface area contributed by atoms with Crippen molar-refractivity contribution >= 4 is 33.5 Å². The number of carbonyl (C=O) groups is 1. The van der Waals surface area contributed by atoms with E-state index in [1.54, 1.807) is 0 Å². The van der Waals surface area contributed by atoms with Crippen molar-refractivity contribution in [2.75, 3.05) is 7.11 Å². The van der Waals surface area contributed by atoms with Gasteiger partial charge in [0, 0.05) is 5.56 Å². The van der Waals surface area contributed by atoms with E-state index in [0.29, 0.717) is 0 Å². The van der Waals surface area contributed by atoms with Gasteiger partial charge in [0.25, 0.3) is 0 Å². The van der Waals surface area contributed by atoms with Gasteiger partial charge >= 0.3 is 5.97 Å². The van der Waals surface area contributed by atoms with Crippen molar-refractivity contribution in [1.82, 2.24) is 0 Å². The first-order valence-corrected chi connectivity index (χ1v) is 4.92. The van der Waals surface area contributed by atoms with Crippen LogP contribution < -0.4 is 0 Å². The van der Waals surface area contributed by atoms with Crippen LogP contribution in [-0.2, 0) is 16.0 Å². The molecule has 0 aliphatic carbocycles. The number of ether oxygens (including phenoxy) is 1. The molecule has 1 aromatic rings. The molecule has 0 saturated carbocycles. The number of hydrogen-bond donors (Lipinski definition) is 0. The van der Waals surface area contributed by atoms with Crippen molar-refractivity contribution in [3.8, 4) is 0 Å². The molecule has 14 heavy (non-hydrogen) atoms. The molecule has 0 bridgehead atoms. The summed E-state index contributed by atoms with van der Waals surface area (Å²) < 4.78 is 18.0. The number of rotatable bonds is 2. The van der Waals surface area contributed by atoms with Crippen molar-refractivity contribution < 1.29 is 13.9 Å². The molecule has 0 aliphatic heterocycles. The number of hydrogen-bond acceptors (Lipinski definition) is 2. The monoisotopic (exact) mass is 280 g/mol. The van der Waals surface area contributed by atoms with Crippen LogP contribution in [0.25, 0.3) is 0 Å². The van der Waals surface area contributed by atoms with Gasteiger partial charge in [0.2, 0.25) is 0 Å². The maximum Gasteiger partial charge on any atom is 0.310 e. The molecular formula is C9H7BrClFO2. The van der Waals surface area contributed by atoms with Crippen LogP contribution >= 0.6 is 27.5 Å². The lowest BCUT2D eigenvalue weighted by atomic mass is 10.1. The SMILES string of the molecule is COC(=O)Cc1ccc(Cl)c(Br)c1F. The highest BCUT2D eigenvalue weighted by molar-refractivity contribution is 9.10. The van der Waals surface area contributed by atoms with Crippen LogP contribution in [0, 0.1) is 5.82 Å². The zero-order chi connectivity index (χ0) is 10.7. The Morgan fingerprint density at radius 3 is 2.86 bits per heavy atom. The van der Waals surface area contributed by atoms with Gasteiger partial charge in [-0.25, -0.2) is 4.39 Å². The molecule has 0 N–H and O–H groups in total. The van der Waals surface area contributed by atoms with Crippen LogP contribution in [0.5, 0.6) is 0 Å². The smallest absolute Gasteiger partial charge is 0.310 e. The molecule has 1 aromatic carbocycles. The van der Waals surface area contributed by atoms with Crippen LogP contribution in [0.3, 0.4) is 0 Å². The Labute approximate surface area is 94.1 Å². The van der Waals surface area contributed by atoms with E-state index >= 15 is 0 Å². The molecular weight excluding hydrogens is 274 g/mol. The first-order valence-electron chi connectivity index (χ1n) is 3.75. The van der Waals surface area contributed by atoms with Gasteiger partial charge < -0.3 is 4.74 Å². The molecule has 76 valence electrons. The first kappa shape index (κ1) is 11.5. The molecule has 0 radical (unpaired) electrons. The lowest BCUT2D eigenvalue weighted by Crippen LogP contribution is -2.06. The fourth-order valence-corrected chi connectivity index (χ4v) is 1.46. The Hall–Kier alpha value is -0.610. The van der Waals surface area contributed by atoms with Gasteiger partial charge in [-0.15, -0.1) is 0 Å². The molecule has 0 aliphatic rings. The number of benzene rings is 1. The molecule has 0 amide bonds. The Morgan fingerprint density at radius 1 is 1.64 bits per heavy atom. The second-order valence-electron chi connectivity index (χ2n) is 2.59. The first-order chi connectivity index (χ1) is 6.56. The predicted molar refractivity (Wildman–Crippen MR) is 54.8 cm³/mol. The number of methoxy groups -OCH3 is 1. The molecule has 0 aromatic heterocycles. The standard InChI is InChI=1S/C9H7BrClFO2/c1-14-7(13)4-5-2-3-6(11)8(10)9(5)12/h2-3H,4H2,1H3. The van der Waals surface area contributed by atoms with E-state index in [2.05, 4.69) is 20.7 Å². The highest BCUT2D eigenvalue weighted by Gasteiger charge is 2.12. The topological polar surface area (TPSA) is 26.3 Å². The van der Waals surface area contributed by atoms with Crippen LogP contribution in [0.15, 0.2) is 16.6 Å². The fourth-order valence-electron chi connectivity index (χ4n) is 0.930. The molecule has 0 unspecified atom stereocenters. The third-order valence-electron chi connectivity index (χ3n) is 1.68. The number of carbonyl (C=O) groups excluding carboxylic acids is 1. The summed E-state index contributed by atoms with van der Waals surface area (Å²) in [6.45, 7) is 0. The third kappa shape index (κ3) is 2.45. The minimum atomic E-state index is -0.525. The van der Waals surface area contributed by atoms with Crippen LogP contribution in [0.1, 0.15) is 5.56 Å². The quantitative estimate of drug-likeness (QED) is 0.615. The van der Waals surface area contributed by atoms with Gasteiger partial charge in [-0.1, -0.05) is 17.7 Å². The zero-order valence-corrected chi connectivity index (χ0v) is 9.65. The van der Waals surface area contributed by atoms with Gasteiger partial charge in [-0.2, -0.15) is 0 Å². The van der Waals surface area contributed by atoms with E-state index in [4.69, 9.17) is 11.6 Å². The molecule has 5 heteroatoms. The van der Waals surface area contributed by atoms with Crippen molar-refractivity contribution in [3.05, 3.63) is 33.0 Å². The summed E-state index contributed by atoms with van der Waals surface area (Å²) in [5, 5.41) is 0.274. The Morgan fingerprint density at radius 2 is 2.29 bits per heavy atom. The maximum absolute atomic E-state index is 13.4. The summed E-state index contributed by atoms with van der Waals surface area (Å²) in [5.41, 5.74) is 0.258. The summed E-state index contributed by atoms with van der Waals surface area (Å²) in [5.74, 6) is -1.01. The van der Waals surface area contributed by atoms with Gasteiger partial charge in [-0.05, 0) is 22.0 Å². The summed E-state index contributed by atoms with van der Waals surface area (Å²) >= 11 is 8.64. The maximum atomic E-state index is 13.4. The van der Waals surface area contributed by atoms with E-state index in [-0.39, 0.29) is 21.5 Å². The van der Waals surface area contributed by atoms with E-state index < -0.39 is 11.8 Å². The van der Waals surface area contributed by atoms with Gasteiger partial charge in [0.05, 0.1) is 23.0 Å². The summed E-state index contributed by atoms with van der Waals surface area (Å²) in [7, 11) is 1.26. The van der Waals surface area contributed by atoms with E-state index in [0.717, 1.165) is 0 Å². The second-order valence-corrected chi connectivity index (χ2v) is 3.79. The highest BCUT2D eigenvalue weighted by atomic mass is 79.9. The molecule has 0 saturated heterocycles. The van der Waals surface area contributed by atoms with Crippen LogP contribution in [0.2, 0.25) is 5.02 Å². The summed E-state index contributed by atoms with van der Waals surface area (Å²) in [4.78, 5) is 10.9. The Kier molecular flexibility index (Phi) is 3.89. The highest BCUT2D eigenvalue weighted by Crippen LogP contribution is 2.27. The van der Waals surface area contributed by atoms with Crippen molar-refractivity contribution in [1.29, 1.82) is 0 Å². The number of halogens is 3. The fraction of sp³-hybridized carbons (Fsp3) is 0.222. The molecule has 0 atom stereocenters. The van der Waals surface area contributed by atoms with E-state index in [1.165, 1.54) is 19.2 Å². The molecule has 1 rings (SSSR count). The summed E-state index contributed by atoms with van der Waals surface area (Å²) in [6, 6.07) is 2.98. The molecule has 2 nitrogen and oxygen atoms in total. The zero-order valence-electron chi connectivity index (χ0n) is 7.31. The van der Waals surface area contributed by atoms with Gasteiger partial charge in [0.1, 0.15) is 5.82 Å². The average molecular weight is 282 g/mol. The van der Waals surface area contributed by atoms with E-state index in [9.17, 15) is 9.18 Å². The normalized spacial score (nSPS) is 10.0. The second kappa shape index (κ2) is 4.75. The molecule has 0 heterocycles. The van der Waals surface area contributed by atoms with Gasteiger partial charge in [0.15, 0.2) is 0 Å². The largest absolute Gasteiger partial charge is 0.469 e. The third-order valence-corrected chi connectivity index (χ3v) is 3.00. The minimum Gasteiger partial charge on any atom is -0.469 e. The molecule has 0 spiro atoms. The number of esters is 1. The van der Waals surface area contributed by atoms with Crippen molar-refractivity contribution in [3.63, 3.8) is 0 Å². The predicted octanol–water partition coefficient (Wildman–Crippen LogP) is 2.96. The van der Waals surface area contributed by atoms with Crippen molar-refractivity contribution in [2.24, 2.45) is 0 Å². The lowest BCUT2D eigenvalue weighted by molar-refractivity contribution is -0.139. The Bertz CT molecular complexity index is 368. The summed E-state index contributed by atoms with van der Waals surface area (Å²) in [6.07, 6.45) is -0.0991. The van der Waals surface area contributed by atoms with E-state index in [1.807, 2.05) is 0 Å². The lowest BCUT2D eigenvalue weighted by Gasteiger charge is -2.04. The molecule has 0 fully saturated rings. The van der Waals surface area contributed by atoms with Crippen molar-refractivity contribution in [2.45, 2.75) is 6.42 Å².